The van der Waals surface area contributed by atoms with Gasteiger partial charge in [0.05, 0.1) is 0 Å². The predicted octanol–water partition coefficient (Wildman–Crippen LogP) is 6.98. The molecule has 1 rings (SSSR count). The summed E-state index contributed by atoms with van der Waals surface area (Å²) in [5, 5.41) is 1.64. The monoisotopic (exact) mass is 320 g/mol. The summed E-state index contributed by atoms with van der Waals surface area (Å²) in [5.74, 6) is 0.962. The van der Waals surface area contributed by atoms with E-state index in [1.807, 2.05) is 0 Å². The van der Waals surface area contributed by atoms with Crippen LogP contribution < -0.4 is 5.30 Å². The smallest absolute Gasteiger partial charge is 0.0240 e. The first kappa shape index (κ1) is 19.7. The van der Waals surface area contributed by atoms with Crippen LogP contribution in [0.2, 0.25) is 0 Å². The lowest BCUT2D eigenvalue weighted by atomic mass is 9.97. The first-order chi connectivity index (χ1) is 10.8. The highest BCUT2D eigenvalue weighted by molar-refractivity contribution is 7.65. The van der Waals surface area contributed by atoms with E-state index in [-0.39, 0.29) is 7.92 Å². The van der Waals surface area contributed by atoms with Crippen LogP contribution >= 0.6 is 7.92 Å². The highest BCUT2D eigenvalue weighted by Gasteiger charge is 2.13. The van der Waals surface area contributed by atoms with E-state index >= 15 is 0 Å². The highest BCUT2D eigenvalue weighted by Crippen LogP contribution is 2.38. The molecular formula is C21H37P. The van der Waals surface area contributed by atoms with Crippen molar-refractivity contribution in [2.24, 2.45) is 5.92 Å². The van der Waals surface area contributed by atoms with E-state index in [9.17, 15) is 0 Å². The molecule has 1 aromatic rings. The molecule has 0 heterocycles. The van der Waals surface area contributed by atoms with Gasteiger partial charge in [0.15, 0.2) is 0 Å². The zero-order valence-corrected chi connectivity index (χ0v) is 16.1. The van der Waals surface area contributed by atoms with Crippen molar-refractivity contribution in [2.75, 3.05) is 12.3 Å². The van der Waals surface area contributed by atoms with Crippen LogP contribution in [-0.4, -0.2) is 12.3 Å². The predicted molar refractivity (Wildman–Crippen MR) is 105 cm³/mol. The molecule has 0 aliphatic heterocycles. The Morgan fingerprint density at radius 2 is 1.50 bits per heavy atom. The minimum atomic E-state index is 0.0744. The third-order valence-corrected chi connectivity index (χ3v) is 7.44. The zero-order valence-electron chi connectivity index (χ0n) is 15.2. The van der Waals surface area contributed by atoms with Crippen LogP contribution in [0, 0.1) is 5.92 Å². The fourth-order valence-electron chi connectivity index (χ4n) is 3.12. The Kier molecular flexibility index (Phi) is 11.7. The third kappa shape index (κ3) is 8.33. The second kappa shape index (κ2) is 13.1. The molecule has 0 saturated carbocycles. The van der Waals surface area contributed by atoms with Gasteiger partial charge in [-0.15, -0.1) is 0 Å². The van der Waals surface area contributed by atoms with Gasteiger partial charge in [0.2, 0.25) is 0 Å². The Morgan fingerprint density at radius 1 is 0.773 bits per heavy atom. The molecule has 0 aliphatic rings. The number of rotatable bonds is 13. The maximum Gasteiger partial charge on any atom is -0.0240 e. The van der Waals surface area contributed by atoms with Gasteiger partial charge < -0.3 is 0 Å². The van der Waals surface area contributed by atoms with Gasteiger partial charge in [-0.1, -0.05) is 104 Å². The van der Waals surface area contributed by atoms with Crippen molar-refractivity contribution in [3.63, 3.8) is 0 Å². The van der Waals surface area contributed by atoms with E-state index in [4.69, 9.17) is 0 Å². The van der Waals surface area contributed by atoms with Crippen molar-refractivity contribution >= 4 is 13.2 Å². The van der Waals surface area contributed by atoms with Crippen LogP contribution in [0.5, 0.6) is 0 Å². The SMILES string of the molecule is CCCCCCP(CCC(CC)CCCC)c1ccccc1. The summed E-state index contributed by atoms with van der Waals surface area (Å²) >= 11 is 0. The van der Waals surface area contributed by atoms with E-state index < -0.39 is 0 Å². The maximum absolute atomic E-state index is 2.38. The van der Waals surface area contributed by atoms with Crippen molar-refractivity contribution in [1.82, 2.24) is 0 Å². The lowest BCUT2D eigenvalue weighted by molar-refractivity contribution is 0.441. The van der Waals surface area contributed by atoms with Crippen LogP contribution in [0.3, 0.4) is 0 Å². The maximum atomic E-state index is 2.38. The van der Waals surface area contributed by atoms with E-state index in [2.05, 4.69) is 51.1 Å². The van der Waals surface area contributed by atoms with Crippen molar-refractivity contribution in [3.05, 3.63) is 30.3 Å². The van der Waals surface area contributed by atoms with Gasteiger partial charge in [-0.25, -0.2) is 0 Å². The summed E-state index contributed by atoms with van der Waals surface area (Å²) in [6.07, 6.45) is 15.5. The largest absolute Gasteiger partial charge is 0.0753 e. The molecule has 1 aromatic carbocycles. The number of hydrogen-bond acceptors (Lipinski definition) is 0. The molecule has 0 fully saturated rings. The van der Waals surface area contributed by atoms with Crippen molar-refractivity contribution in [2.45, 2.75) is 78.6 Å². The Morgan fingerprint density at radius 3 is 2.14 bits per heavy atom. The Bertz CT molecular complexity index is 346. The Hall–Kier alpha value is -0.350. The van der Waals surface area contributed by atoms with Crippen molar-refractivity contribution in [1.29, 1.82) is 0 Å². The number of benzene rings is 1. The summed E-state index contributed by atoms with van der Waals surface area (Å²) in [5.41, 5.74) is 0. The zero-order chi connectivity index (χ0) is 16.0. The first-order valence-corrected chi connectivity index (χ1v) is 11.3. The topological polar surface area (TPSA) is 0 Å². The molecule has 2 unspecified atom stereocenters. The molecule has 0 saturated heterocycles. The van der Waals surface area contributed by atoms with E-state index in [0.717, 1.165) is 5.92 Å². The number of unbranched alkanes of at least 4 members (excludes halogenated alkanes) is 4. The summed E-state index contributed by atoms with van der Waals surface area (Å²) < 4.78 is 0. The molecule has 0 nitrogen and oxygen atoms in total. The van der Waals surface area contributed by atoms with Gasteiger partial charge in [-0.2, -0.15) is 0 Å². The van der Waals surface area contributed by atoms with Gasteiger partial charge >= 0.3 is 0 Å². The average Bonchev–Trinajstić information content (AvgIpc) is 2.57. The summed E-state index contributed by atoms with van der Waals surface area (Å²) in [4.78, 5) is 0. The summed E-state index contributed by atoms with van der Waals surface area (Å²) in [6, 6.07) is 11.4. The molecule has 0 aliphatic carbocycles. The second-order valence-electron chi connectivity index (χ2n) is 6.59. The normalized spacial score (nSPS) is 14.0. The molecule has 0 spiro atoms. The highest BCUT2D eigenvalue weighted by atomic mass is 31.1. The Balaban J connectivity index is 2.50. The van der Waals surface area contributed by atoms with Crippen LogP contribution in [0.25, 0.3) is 0 Å². The van der Waals surface area contributed by atoms with Crippen LogP contribution in [0.15, 0.2) is 30.3 Å². The average molecular weight is 321 g/mol. The molecule has 0 radical (unpaired) electrons. The minimum Gasteiger partial charge on any atom is -0.0753 e. The van der Waals surface area contributed by atoms with Crippen LogP contribution in [-0.2, 0) is 0 Å². The first-order valence-electron chi connectivity index (χ1n) is 9.61. The fourth-order valence-corrected chi connectivity index (χ4v) is 5.74. The van der Waals surface area contributed by atoms with Crippen molar-refractivity contribution in [3.8, 4) is 0 Å². The third-order valence-electron chi connectivity index (χ3n) is 4.75. The minimum absolute atomic E-state index is 0.0744. The fraction of sp³-hybridized carbons (Fsp3) is 0.714. The molecule has 22 heavy (non-hydrogen) atoms. The molecule has 2 atom stereocenters. The van der Waals surface area contributed by atoms with E-state index in [1.54, 1.807) is 5.30 Å². The van der Waals surface area contributed by atoms with Gasteiger partial charge in [0.1, 0.15) is 0 Å². The molecule has 0 N–H and O–H groups in total. The summed E-state index contributed by atoms with van der Waals surface area (Å²) in [6.45, 7) is 7.00. The standard InChI is InChI=1S/C21H37P/c1-4-7-9-13-18-22(21-15-11-10-12-16-21)19-17-20(6-3)14-8-5-2/h10-12,15-16,20H,4-9,13-14,17-19H2,1-3H3. The summed E-state index contributed by atoms with van der Waals surface area (Å²) in [7, 11) is 0.0744. The molecule has 0 aromatic heterocycles. The van der Waals surface area contributed by atoms with E-state index in [1.165, 1.54) is 70.1 Å². The van der Waals surface area contributed by atoms with Gasteiger partial charge in [-0.05, 0) is 36.4 Å². The molecule has 126 valence electrons. The molecule has 0 amide bonds. The Labute approximate surface area is 140 Å². The molecule has 1 heteroatoms. The van der Waals surface area contributed by atoms with Crippen LogP contribution in [0.1, 0.15) is 78.6 Å². The second-order valence-corrected chi connectivity index (χ2v) is 9.08. The van der Waals surface area contributed by atoms with Gasteiger partial charge in [-0.3, -0.25) is 0 Å². The quantitative estimate of drug-likeness (QED) is 0.271. The van der Waals surface area contributed by atoms with Crippen LogP contribution in [0.4, 0.5) is 0 Å². The molecule has 0 bridgehead atoms. The molecular weight excluding hydrogens is 283 g/mol. The van der Waals surface area contributed by atoms with E-state index in [0.29, 0.717) is 0 Å². The lowest BCUT2D eigenvalue weighted by Gasteiger charge is -2.22. The lowest BCUT2D eigenvalue weighted by Crippen LogP contribution is -2.09. The van der Waals surface area contributed by atoms with Gasteiger partial charge in [0, 0.05) is 0 Å². The van der Waals surface area contributed by atoms with Gasteiger partial charge in [0.25, 0.3) is 0 Å². The van der Waals surface area contributed by atoms with Crippen molar-refractivity contribution < 1.29 is 0 Å². The number of hydrogen-bond donors (Lipinski definition) is 0.